The summed E-state index contributed by atoms with van der Waals surface area (Å²) in [7, 11) is 0. The second-order valence-corrected chi connectivity index (χ2v) is 10.6. The molecule has 2 aromatic rings. The summed E-state index contributed by atoms with van der Waals surface area (Å²) in [5, 5.41) is 0.679. The van der Waals surface area contributed by atoms with Crippen LogP contribution in [-0.2, 0) is 20.9 Å². The van der Waals surface area contributed by atoms with E-state index in [0.29, 0.717) is 41.4 Å². The maximum absolute atomic E-state index is 13.0. The van der Waals surface area contributed by atoms with Crippen LogP contribution in [0.1, 0.15) is 55.6 Å². The van der Waals surface area contributed by atoms with Crippen molar-refractivity contribution in [3.05, 3.63) is 84.2 Å². The van der Waals surface area contributed by atoms with E-state index in [4.69, 9.17) is 21.1 Å². The predicted molar refractivity (Wildman–Crippen MR) is 133 cm³/mol. The van der Waals surface area contributed by atoms with E-state index in [1.807, 2.05) is 36.4 Å². The summed E-state index contributed by atoms with van der Waals surface area (Å²) in [5.74, 6) is 1.87. The zero-order valence-corrected chi connectivity index (χ0v) is 21.7. The van der Waals surface area contributed by atoms with Crippen molar-refractivity contribution in [2.45, 2.75) is 51.0 Å². The van der Waals surface area contributed by atoms with Gasteiger partial charge in [-0.1, -0.05) is 23.7 Å². The third-order valence-corrected chi connectivity index (χ3v) is 7.72. The number of allylic oxidation sites excluding steroid dienone is 4. The number of Topliss-reactive ketones (excluding diaryl/α,β-unsaturated/α-hetero) is 2. The van der Waals surface area contributed by atoms with E-state index in [1.54, 1.807) is 0 Å². The van der Waals surface area contributed by atoms with Crippen LogP contribution in [0.3, 0.4) is 0 Å². The Morgan fingerprint density at radius 3 is 1.97 bits per heavy atom. The first kappa shape index (κ1) is 22.9. The highest BCUT2D eigenvalue weighted by atomic mass is 79.9. The molecule has 0 amide bonds. The van der Waals surface area contributed by atoms with E-state index in [-0.39, 0.29) is 11.6 Å². The number of hydrogen-bond donors (Lipinski definition) is 0. The predicted octanol–water partition coefficient (Wildman–Crippen LogP) is 7.57. The van der Waals surface area contributed by atoms with Crippen LogP contribution in [0.2, 0.25) is 5.02 Å². The summed E-state index contributed by atoms with van der Waals surface area (Å²) < 4.78 is 13.7. The summed E-state index contributed by atoms with van der Waals surface area (Å²) in [5.41, 5.74) is 3.16. The molecular formula is C26H21Br2ClO4. The molecule has 0 bridgehead atoms. The van der Waals surface area contributed by atoms with Gasteiger partial charge in [-0.3, -0.25) is 9.59 Å². The van der Waals surface area contributed by atoms with Crippen LogP contribution in [0, 0.1) is 0 Å². The molecule has 7 heteroatoms. The Hall–Kier alpha value is -1.89. The van der Waals surface area contributed by atoms with Crippen molar-refractivity contribution in [3.63, 3.8) is 0 Å². The van der Waals surface area contributed by atoms with Crippen LogP contribution < -0.4 is 4.74 Å². The molecule has 1 aliphatic heterocycles. The van der Waals surface area contributed by atoms with Crippen LogP contribution in [0.4, 0.5) is 0 Å². The van der Waals surface area contributed by atoms with Crippen LogP contribution in [0.25, 0.3) is 0 Å². The minimum Gasteiger partial charge on any atom is -0.487 e. The van der Waals surface area contributed by atoms with Crippen LogP contribution >= 0.6 is 43.5 Å². The fourth-order valence-corrected chi connectivity index (χ4v) is 6.35. The maximum Gasteiger partial charge on any atom is 0.163 e. The molecule has 4 nitrogen and oxygen atoms in total. The quantitative estimate of drug-likeness (QED) is 0.368. The molecule has 170 valence electrons. The number of carbonyl (C=O) groups is 2. The van der Waals surface area contributed by atoms with Gasteiger partial charge in [-0.15, -0.1) is 0 Å². The highest BCUT2D eigenvalue weighted by Crippen LogP contribution is 2.49. The number of hydrogen-bond acceptors (Lipinski definition) is 4. The van der Waals surface area contributed by atoms with E-state index in [1.165, 1.54) is 0 Å². The lowest BCUT2D eigenvalue weighted by molar-refractivity contribution is -0.117. The first-order valence-corrected chi connectivity index (χ1v) is 13.0. The van der Waals surface area contributed by atoms with Gasteiger partial charge in [0.15, 0.2) is 11.6 Å². The van der Waals surface area contributed by atoms with Crippen molar-refractivity contribution >= 4 is 55.0 Å². The molecule has 5 rings (SSSR count). The van der Waals surface area contributed by atoms with Gasteiger partial charge in [0.05, 0.1) is 8.95 Å². The van der Waals surface area contributed by atoms with E-state index < -0.39 is 5.92 Å². The molecule has 2 aromatic carbocycles. The van der Waals surface area contributed by atoms with Crippen molar-refractivity contribution in [2.24, 2.45) is 0 Å². The number of ether oxygens (including phenoxy) is 2. The molecular weight excluding hydrogens is 572 g/mol. The lowest BCUT2D eigenvalue weighted by atomic mass is 9.73. The largest absolute Gasteiger partial charge is 0.487 e. The van der Waals surface area contributed by atoms with Gasteiger partial charge in [0.1, 0.15) is 23.9 Å². The highest BCUT2D eigenvalue weighted by molar-refractivity contribution is 9.11. The first-order chi connectivity index (χ1) is 15.9. The fraction of sp³-hybridized carbons (Fsp3) is 0.308. The van der Waals surface area contributed by atoms with Crippen molar-refractivity contribution in [1.29, 1.82) is 0 Å². The molecule has 0 spiro atoms. The topological polar surface area (TPSA) is 52.6 Å². The monoisotopic (exact) mass is 590 g/mol. The average molecular weight is 593 g/mol. The molecule has 0 aromatic heterocycles. The molecule has 0 atom stereocenters. The maximum atomic E-state index is 13.0. The molecule has 3 aliphatic rings. The van der Waals surface area contributed by atoms with Gasteiger partial charge in [0.25, 0.3) is 0 Å². The normalized spacial score (nSPS) is 18.8. The van der Waals surface area contributed by atoms with Gasteiger partial charge >= 0.3 is 0 Å². The molecule has 0 N–H and O–H groups in total. The second-order valence-electron chi connectivity index (χ2n) is 8.49. The Labute approximate surface area is 214 Å². The van der Waals surface area contributed by atoms with Gasteiger partial charge in [-0.05, 0) is 80.1 Å². The highest BCUT2D eigenvalue weighted by Gasteiger charge is 2.42. The number of carbonyl (C=O) groups excluding carboxylic acids is 2. The molecule has 33 heavy (non-hydrogen) atoms. The second kappa shape index (κ2) is 9.40. The van der Waals surface area contributed by atoms with Crippen LogP contribution in [-0.4, -0.2) is 11.6 Å². The van der Waals surface area contributed by atoms with E-state index in [2.05, 4.69) is 31.9 Å². The molecule has 2 aliphatic carbocycles. The summed E-state index contributed by atoms with van der Waals surface area (Å²) in [6.07, 6.45) is 4.00. The van der Waals surface area contributed by atoms with Gasteiger partial charge < -0.3 is 9.47 Å². The molecule has 1 heterocycles. The fourth-order valence-electron chi connectivity index (χ4n) is 4.77. The third kappa shape index (κ3) is 4.45. The number of rotatable bonds is 4. The van der Waals surface area contributed by atoms with Gasteiger partial charge in [0, 0.05) is 47.8 Å². The Morgan fingerprint density at radius 1 is 0.879 bits per heavy atom. The molecule has 0 unspecified atom stereocenters. The minimum atomic E-state index is -0.401. The standard InChI is InChI=1S/C26H21Br2ClO4/c27-17-11-15(12-18(28)26(17)32-13-14-7-9-16(29)10-8-14)23-24-19(30)3-1-5-21(24)33-22-6-2-4-20(31)25(22)23/h7-12,23H,1-6,13H2. The van der Waals surface area contributed by atoms with Gasteiger partial charge in [0.2, 0.25) is 0 Å². The number of ketones is 2. The third-order valence-electron chi connectivity index (χ3n) is 6.29. The molecule has 0 saturated heterocycles. The number of benzene rings is 2. The van der Waals surface area contributed by atoms with Crippen molar-refractivity contribution in [3.8, 4) is 5.75 Å². The zero-order chi connectivity index (χ0) is 23.1. The summed E-state index contributed by atoms with van der Waals surface area (Å²) in [4.78, 5) is 26.0. The van der Waals surface area contributed by atoms with Crippen molar-refractivity contribution in [1.82, 2.24) is 0 Å². The van der Waals surface area contributed by atoms with Crippen LogP contribution in [0.15, 0.2) is 68.0 Å². The SMILES string of the molecule is O=C1CCCC2=C1C(c1cc(Br)c(OCc3ccc(Cl)cc3)c(Br)c1)C1=C(CCCC1=O)O2. The molecule has 0 radical (unpaired) electrons. The van der Waals surface area contributed by atoms with E-state index in [0.717, 1.165) is 57.3 Å². The van der Waals surface area contributed by atoms with Crippen molar-refractivity contribution in [2.75, 3.05) is 0 Å². The zero-order valence-electron chi connectivity index (χ0n) is 17.8. The van der Waals surface area contributed by atoms with Gasteiger partial charge in [-0.2, -0.15) is 0 Å². The summed E-state index contributed by atoms with van der Waals surface area (Å²) in [6, 6.07) is 11.4. The Balaban J connectivity index is 1.52. The molecule has 0 saturated carbocycles. The van der Waals surface area contributed by atoms with Crippen molar-refractivity contribution < 1.29 is 19.1 Å². The minimum absolute atomic E-state index is 0.0708. The summed E-state index contributed by atoms with van der Waals surface area (Å²) in [6.45, 7) is 0.382. The summed E-state index contributed by atoms with van der Waals surface area (Å²) >= 11 is 13.3. The Kier molecular flexibility index (Phi) is 6.51. The average Bonchev–Trinajstić information content (AvgIpc) is 2.79. The Morgan fingerprint density at radius 2 is 1.42 bits per heavy atom. The lowest BCUT2D eigenvalue weighted by Gasteiger charge is -2.36. The van der Waals surface area contributed by atoms with Crippen LogP contribution in [0.5, 0.6) is 5.75 Å². The van der Waals surface area contributed by atoms with Gasteiger partial charge in [-0.25, -0.2) is 0 Å². The van der Waals surface area contributed by atoms with E-state index in [9.17, 15) is 9.59 Å². The number of halogens is 3. The lowest BCUT2D eigenvalue weighted by Crippen LogP contribution is -2.30. The van der Waals surface area contributed by atoms with E-state index >= 15 is 0 Å². The Bertz CT molecular complexity index is 1150. The smallest absolute Gasteiger partial charge is 0.163 e. The molecule has 0 fully saturated rings. The first-order valence-electron chi connectivity index (χ1n) is 11.0.